The number of carbonyl (C=O) groups is 1. The summed E-state index contributed by atoms with van der Waals surface area (Å²) in [6.07, 6.45) is -0.939. The van der Waals surface area contributed by atoms with Crippen LogP contribution in [0, 0.1) is 0 Å². The van der Waals surface area contributed by atoms with E-state index in [2.05, 4.69) is 24.7 Å². The molecule has 35 heavy (non-hydrogen) atoms. The van der Waals surface area contributed by atoms with E-state index < -0.39 is 28.0 Å². The van der Waals surface area contributed by atoms with Crippen LogP contribution in [0.1, 0.15) is 10.5 Å². The third-order valence-electron chi connectivity index (χ3n) is 4.81. The molecular weight excluding hydrogens is 511 g/mol. The van der Waals surface area contributed by atoms with Crippen LogP contribution in [0.5, 0.6) is 5.75 Å². The largest absolute Gasteiger partial charge is 0.573 e. The van der Waals surface area contributed by atoms with Gasteiger partial charge in [0, 0.05) is 30.5 Å². The number of fused-ring (bicyclic) bond motifs is 1. The number of amides is 1. The number of nitrogens with zero attached hydrogens (tertiary/aromatic N) is 3. The Hall–Kier alpha value is -3.84. The molecule has 0 bridgehead atoms. The Morgan fingerprint density at radius 1 is 1.11 bits per heavy atom. The second-order valence-electron chi connectivity index (χ2n) is 7.12. The Morgan fingerprint density at radius 3 is 2.46 bits per heavy atom. The first-order valence-corrected chi connectivity index (χ1v) is 11.5. The molecule has 0 aliphatic carbocycles. The SMILES string of the molecule is Cn1c(C(=O)Nc2ccc(S(=O)(=O)Nc3cnccn3)cc2)cc2c(Cl)c(OC(F)(F)F)ccc21. The van der Waals surface area contributed by atoms with Crippen LogP contribution in [0.3, 0.4) is 0 Å². The van der Waals surface area contributed by atoms with Gasteiger partial charge >= 0.3 is 6.36 Å². The topological polar surface area (TPSA) is 115 Å². The van der Waals surface area contributed by atoms with Crippen LogP contribution in [-0.4, -0.2) is 35.2 Å². The Balaban J connectivity index is 1.54. The highest BCUT2D eigenvalue weighted by molar-refractivity contribution is 7.92. The maximum atomic E-state index is 12.8. The van der Waals surface area contributed by atoms with E-state index in [1.54, 1.807) is 7.05 Å². The molecule has 9 nitrogen and oxygen atoms in total. The zero-order valence-corrected chi connectivity index (χ0v) is 19.2. The number of nitrogens with one attached hydrogen (secondary N) is 2. The molecule has 2 aromatic heterocycles. The first-order valence-electron chi connectivity index (χ1n) is 9.68. The van der Waals surface area contributed by atoms with Gasteiger partial charge in [0.05, 0.1) is 21.6 Å². The number of halogens is 4. The Labute approximate surface area is 201 Å². The maximum absolute atomic E-state index is 12.8. The molecule has 0 aliphatic rings. The average Bonchev–Trinajstić information content (AvgIpc) is 3.13. The minimum Gasteiger partial charge on any atom is -0.404 e. The summed E-state index contributed by atoms with van der Waals surface area (Å²) in [7, 11) is -2.39. The van der Waals surface area contributed by atoms with Crippen LogP contribution in [0.2, 0.25) is 5.02 Å². The van der Waals surface area contributed by atoms with Crippen molar-refractivity contribution in [3.05, 3.63) is 71.8 Å². The average molecular weight is 526 g/mol. The minimum absolute atomic E-state index is 0.0445. The highest BCUT2D eigenvalue weighted by atomic mass is 35.5. The minimum atomic E-state index is -4.92. The number of hydrogen-bond acceptors (Lipinski definition) is 6. The fraction of sp³-hybridized carbons (Fsp3) is 0.0952. The number of carbonyl (C=O) groups excluding carboxylic acids is 1. The van der Waals surface area contributed by atoms with Crippen molar-refractivity contribution in [2.24, 2.45) is 7.05 Å². The molecular formula is C21H15ClF3N5O4S. The van der Waals surface area contributed by atoms with Crippen LogP contribution in [0.4, 0.5) is 24.7 Å². The molecule has 0 saturated carbocycles. The predicted octanol–water partition coefficient (Wildman–Crippen LogP) is 4.57. The number of aryl methyl sites for hydroxylation is 1. The molecule has 0 unspecified atom stereocenters. The van der Waals surface area contributed by atoms with E-state index in [0.717, 1.165) is 6.07 Å². The van der Waals surface area contributed by atoms with Gasteiger partial charge < -0.3 is 14.6 Å². The number of alkyl halides is 3. The summed E-state index contributed by atoms with van der Waals surface area (Å²) in [4.78, 5) is 20.4. The summed E-state index contributed by atoms with van der Waals surface area (Å²) < 4.78 is 70.4. The second kappa shape index (κ2) is 9.07. The van der Waals surface area contributed by atoms with Gasteiger partial charge in [-0.2, -0.15) is 0 Å². The lowest BCUT2D eigenvalue weighted by Crippen LogP contribution is -2.17. The van der Waals surface area contributed by atoms with Crippen LogP contribution in [0.15, 0.2) is 66.0 Å². The Morgan fingerprint density at radius 2 is 1.83 bits per heavy atom. The molecule has 0 fully saturated rings. The molecule has 2 aromatic carbocycles. The maximum Gasteiger partial charge on any atom is 0.573 e. The number of anilines is 2. The van der Waals surface area contributed by atoms with Gasteiger partial charge in [-0.25, -0.2) is 13.4 Å². The van der Waals surface area contributed by atoms with Gasteiger partial charge in [0.25, 0.3) is 15.9 Å². The summed E-state index contributed by atoms with van der Waals surface area (Å²) in [5.74, 6) is -1.13. The molecule has 2 heterocycles. The van der Waals surface area contributed by atoms with E-state index in [9.17, 15) is 26.4 Å². The van der Waals surface area contributed by atoms with E-state index in [4.69, 9.17) is 11.6 Å². The van der Waals surface area contributed by atoms with Crippen LogP contribution < -0.4 is 14.8 Å². The quantitative estimate of drug-likeness (QED) is 0.381. The van der Waals surface area contributed by atoms with Crippen molar-refractivity contribution in [1.29, 1.82) is 0 Å². The molecule has 0 aliphatic heterocycles. The molecule has 0 radical (unpaired) electrons. The Kier molecular flexibility index (Phi) is 6.30. The number of ether oxygens (including phenoxy) is 1. The fourth-order valence-electron chi connectivity index (χ4n) is 3.24. The van der Waals surface area contributed by atoms with E-state index >= 15 is 0 Å². The molecule has 0 atom stereocenters. The lowest BCUT2D eigenvalue weighted by Gasteiger charge is -2.11. The van der Waals surface area contributed by atoms with Crippen LogP contribution >= 0.6 is 11.6 Å². The highest BCUT2D eigenvalue weighted by Crippen LogP contribution is 2.37. The number of rotatable bonds is 6. The Bertz CT molecular complexity index is 1510. The van der Waals surface area contributed by atoms with Crippen molar-refractivity contribution in [2.45, 2.75) is 11.3 Å². The lowest BCUT2D eigenvalue weighted by atomic mass is 10.2. The van der Waals surface area contributed by atoms with Crippen molar-refractivity contribution < 1.29 is 31.1 Å². The van der Waals surface area contributed by atoms with E-state index in [0.29, 0.717) is 5.52 Å². The molecule has 2 N–H and O–H groups in total. The summed E-state index contributed by atoms with van der Waals surface area (Å²) in [5.41, 5.74) is 0.796. The molecule has 4 rings (SSSR count). The standard InChI is InChI=1S/C21H15ClF3N5O4S/c1-30-15-6-7-17(34-21(23,24)25)19(22)14(15)10-16(30)20(31)28-12-2-4-13(5-3-12)35(32,33)29-18-11-26-8-9-27-18/h2-11H,1H3,(H,27,29)(H,28,31). The van der Waals surface area contributed by atoms with Gasteiger partial charge in [-0.15, -0.1) is 13.2 Å². The van der Waals surface area contributed by atoms with Gasteiger partial charge in [-0.1, -0.05) is 11.6 Å². The summed E-state index contributed by atoms with van der Waals surface area (Å²) in [6, 6.07) is 9.08. The van der Waals surface area contributed by atoms with E-state index in [-0.39, 0.29) is 32.5 Å². The molecule has 0 saturated heterocycles. The monoisotopic (exact) mass is 525 g/mol. The molecule has 14 heteroatoms. The second-order valence-corrected chi connectivity index (χ2v) is 9.18. The normalized spacial score (nSPS) is 11.9. The lowest BCUT2D eigenvalue weighted by molar-refractivity contribution is -0.274. The van der Waals surface area contributed by atoms with Gasteiger partial charge in [0.1, 0.15) is 11.4 Å². The fourth-order valence-corrected chi connectivity index (χ4v) is 4.48. The van der Waals surface area contributed by atoms with Crippen molar-refractivity contribution in [1.82, 2.24) is 14.5 Å². The predicted molar refractivity (Wildman–Crippen MR) is 122 cm³/mol. The number of sulfonamides is 1. The smallest absolute Gasteiger partial charge is 0.404 e. The van der Waals surface area contributed by atoms with Crippen molar-refractivity contribution >= 4 is 49.9 Å². The van der Waals surface area contributed by atoms with Crippen LogP contribution in [-0.2, 0) is 17.1 Å². The summed E-state index contributed by atoms with van der Waals surface area (Å²) in [6.45, 7) is 0. The van der Waals surface area contributed by atoms with Gasteiger partial charge in [-0.05, 0) is 42.5 Å². The third kappa shape index (κ3) is 5.30. The molecule has 1 amide bonds. The third-order valence-corrected chi connectivity index (χ3v) is 6.57. The van der Waals surface area contributed by atoms with Gasteiger partial charge in [0.15, 0.2) is 5.82 Å². The molecule has 182 valence electrons. The van der Waals surface area contributed by atoms with Gasteiger partial charge in [0.2, 0.25) is 0 Å². The van der Waals surface area contributed by atoms with Crippen molar-refractivity contribution in [3.8, 4) is 5.75 Å². The van der Waals surface area contributed by atoms with Crippen molar-refractivity contribution in [2.75, 3.05) is 10.0 Å². The van der Waals surface area contributed by atoms with Gasteiger partial charge in [-0.3, -0.25) is 14.5 Å². The summed E-state index contributed by atoms with van der Waals surface area (Å²) in [5, 5.41) is 2.51. The number of hydrogen-bond donors (Lipinski definition) is 2. The summed E-state index contributed by atoms with van der Waals surface area (Å²) >= 11 is 6.07. The molecule has 0 spiro atoms. The van der Waals surface area contributed by atoms with Crippen molar-refractivity contribution in [3.63, 3.8) is 0 Å². The van der Waals surface area contributed by atoms with E-state index in [1.165, 1.54) is 59.6 Å². The number of benzene rings is 2. The zero-order chi connectivity index (χ0) is 25.4. The first-order chi connectivity index (χ1) is 16.4. The molecule has 4 aromatic rings. The first kappa shape index (κ1) is 24.3. The van der Waals surface area contributed by atoms with Crippen LogP contribution in [0.25, 0.3) is 10.9 Å². The van der Waals surface area contributed by atoms with E-state index in [1.807, 2.05) is 0 Å². The number of aromatic nitrogens is 3. The zero-order valence-electron chi connectivity index (χ0n) is 17.7. The highest BCUT2D eigenvalue weighted by Gasteiger charge is 2.32.